The molecule has 0 amide bonds. The fourth-order valence-electron chi connectivity index (χ4n) is 2.31. The summed E-state index contributed by atoms with van der Waals surface area (Å²) in [5.41, 5.74) is 5.90. The Morgan fingerprint density at radius 2 is 1.88 bits per heavy atom. The number of thioether (sulfide) groups is 1. The number of halogens is 1. The van der Waals surface area contributed by atoms with E-state index in [9.17, 15) is 0 Å². The Kier molecular flexibility index (Phi) is 6.14. The molecule has 3 aromatic rings. The van der Waals surface area contributed by atoms with Gasteiger partial charge in [0.1, 0.15) is 0 Å². The molecule has 8 heteroatoms. The van der Waals surface area contributed by atoms with Crippen LogP contribution >= 0.6 is 23.4 Å². The lowest BCUT2D eigenvalue weighted by atomic mass is 10.1. The number of nitrogens with one attached hydrogen (secondary N) is 1. The lowest BCUT2D eigenvalue weighted by Crippen LogP contribution is -2.14. The zero-order chi connectivity index (χ0) is 18.4. The number of anilines is 1. The first kappa shape index (κ1) is 18.3. The van der Waals surface area contributed by atoms with Gasteiger partial charge >= 0.3 is 0 Å². The Morgan fingerprint density at radius 3 is 2.62 bits per heavy atom. The molecule has 0 atom stereocenters. The summed E-state index contributed by atoms with van der Waals surface area (Å²) in [6.45, 7) is 2.05. The van der Waals surface area contributed by atoms with Crippen molar-refractivity contribution in [2.45, 2.75) is 24.3 Å². The van der Waals surface area contributed by atoms with E-state index in [1.807, 2.05) is 61.5 Å². The Bertz CT molecular complexity index is 894. The van der Waals surface area contributed by atoms with Crippen LogP contribution in [0.3, 0.4) is 0 Å². The topological polar surface area (TPSA) is 81.1 Å². The molecule has 0 radical (unpaired) electrons. The van der Waals surface area contributed by atoms with Crippen molar-refractivity contribution in [3.63, 3.8) is 0 Å². The predicted molar refractivity (Wildman–Crippen MR) is 108 cm³/mol. The number of nitrogen functional groups attached to an aromatic ring is 1. The molecule has 0 saturated carbocycles. The predicted octanol–water partition coefficient (Wildman–Crippen LogP) is 4.16. The number of hydrazone groups is 1. The van der Waals surface area contributed by atoms with Gasteiger partial charge in [-0.2, -0.15) is 5.10 Å². The van der Waals surface area contributed by atoms with E-state index in [1.165, 1.54) is 16.4 Å². The van der Waals surface area contributed by atoms with Crippen LogP contribution in [0.1, 0.15) is 24.5 Å². The quantitative estimate of drug-likeness (QED) is 0.276. The summed E-state index contributed by atoms with van der Waals surface area (Å²) in [5, 5.41) is 13.9. The van der Waals surface area contributed by atoms with Crippen molar-refractivity contribution in [2.24, 2.45) is 5.10 Å². The molecule has 0 fully saturated rings. The summed E-state index contributed by atoms with van der Waals surface area (Å²) in [4.78, 5) is 0. The second-order valence-electron chi connectivity index (χ2n) is 5.45. The van der Waals surface area contributed by atoms with Crippen LogP contribution < -0.4 is 11.3 Å². The SMILES string of the molecule is CC/C(=N\Nc1nnc(SCc2ccccc2Cl)n1N)c1ccccc1. The summed E-state index contributed by atoms with van der Waals surface area (Å²) in [7, 11) is 0. The summed E-state index contributed by atoms with van der Waals surface area (Å²) < 4.78 is 1.39. The number of benzene rings is 2. The molecule has 0 aliphatic rings. The molecule has 0 spiro atoms. The first-order chi connectivity index (χ1) is 12.7. The van der Waals surface area contributed by atoms with Crippen LogP contribution in [0.5, 0.6) is 0 Å². The Balaban J connectivity index is 1.69. The van der Waals surface area contributed by atoms with E-state index in [1.54, 1.807) is 0 Å². The molecule has 1 aromatic heterocycles. The largest absolute Gasteiger partial charge is 0.334 e. The average Bonchev–Trinajstić information content (AvgIpc) is 3.02. The molecular weight excluding hydrogens is 368 g/mol. The third-order valence-electron chi connectivity index (χ3n) is 3.71. The molecule has 6 nitrogen and oxygen atoms in total. The van der Waals surface area contributed by atoms with Crippen LogP contribution in [0.2, 0.25) is 5.02 Å². The molecule has 26 heavy (non-hydrogen) atoms. The number of rotatable bonds is 7. The number of hydrogen-bond acceptors (Lipinski definition) is 6. The summed E-state index contributed by atoms with van der Waals surface area (Å²) >= 11 is 7.64. The van der Waals surface area contributed by atoms with Gasteiger partial charge in [0.15, 0.2) is 0 Å². The van der Waals surface area contributed by atoms with Crippen LogP contribution in [0.15, 0.2) is 64.9 Å². The van der Waals surface area contributed by atoms with Gasteiger partial charge in [0.25, 0.3) is 5.95 Å². The second kappa shape index (κ2) is 8.73. The first-order valence-corrected chi connectivity index (χ1v) is 9.50. The second-order valence-corrected chi connectivity index (χ2v) is 6.80. The van der Waals surface area contributed by atoms with E-state index in [4.69, 9.17) is 17.4 Å². The zero-order valence-corrected chi connectivity index (χ0v) is 15.8. The molecule has 1 heterocycles. The van der Waals surface area contributed by atoms with Gasteiger partial charge in [0.2, 0.25) is 5.16 Å². The highest BCUT2D eigenvalue weighted by molar-refractivity contribution is 7.98. The molecule has 0 bridgehead atoms. The molecular formula is C18H19ClN6S. The van der Waals surface area contributed by atoms with Gasteiger partial charge in [-0.1, -0.05) is 78.8 Å². The molecule has 0 unspecified atom stereocenters. The van der Waals surface area contributed by atoms with Crippen molar-refractivity contribution < 1.29 is 0 Å². The number of aromatic nitrogens is 3. The van der Waals surface area contributed by atoms with Gasteiger partial charge in [-0.25, -0.2) is 10.1 Å². The highest BCUT2D eigenvalue weighted by atomic mass is 35.5. The van der Waals surface area contributed by atoms with Gasteiger partial charge in [-0.3, -0.25) is 0 Å². The summed E-state index contributed by atoms with van der Waals surface area (Å²) in [5.74, 6) is 7.12. The van der Waals surface area contributed by atoms with E-state index >= 15 is 0 Å². The Morgan fingerprint density at radius 1 is 1.15 bits per heavy atom. The van der Waals surface area contributed by atoms with Crippen LogP contribution in [0.25, 0.3) is 0 Å². The van der Waals surface area contributed by atoms with Gasteiger partial charge in [-0.05, 0) is 23.6 Å². The van der Waals surface area contributed by atoms with Crippen molar-refractivity contribution in [3.8, 4) is 0 Å². The minimum atomic E-state index is 0.383. The van der Waals surface area contributed by atoms with Crippen molar-refractivity contribution in [1.82, 2.24) is 14.9 Å². The van der Waals surface area contributed by atoms with Crippen LogP contribution in [0.4, 0.5) is 5.95 Å². The molecule has 2 aromatic carbocycles. The fourth-order valence-corrected chi connectivity index (χ4v) is 3.45. The molecule has 3 rings (SSSR count). The smallest absolute Gasteiger partial charge is 0.264 e. The maximum Gasteiger partial charge on any atom is 0.264 e. The minimum Gasteiger partial charge on any atom is -0.334 e. The van der Waals surface area contributed by atoms with Crippen molar-refractivity contribution >= 4 is 35.0 Å². The summed E-state index contributed by atoms with van der Waals surface area (Å²) in [6.07, 6.45) is 0.782. The van der Waals surface area contributed by atoms with Crippen molar-refractivity contribution in [2.75, 3.05) is 11.3 Å². The number of nitrogens with two attached hydrogens (primary N) is 1. The van der Waals surface area contributed by atoms with Gasteiger partial charge in [-0.15, -0.1) is 10.2 Å². The van der Waals surface area contributed by atoms with Crippen molar-refractivity contribution in [3.05, 3.63) is 70.7 Å². The minimum absolute atomic E-state index is 0.383. The van der Waals surface area contributed by atoms with Gasteiger partial charge in [0.05, 0.1) is 5.71 Å². The normalized spacial score (nSPS) is 11.5. The van der Waals surface area contributed by atoms with Crippen LogP contribution in [-0.4, -0.2) is 20.6 Å². The zero-order valence-electron chi connectivity index (χ0n) is 14.3. The van der Waals surface area contributed by atoms with E-state index in [2.05, 4.69) is 20.7 Å². The maximum absolute atomic E-state index is 6.18. The van der Waals surface area contributed by atoms with E-state index in [0.717, 1.165) is 28.3 Å². The van der Waals surface area contributed by atoms with Gasteiger partial charge in [0, 0.05) is 10.8 Å². The molecule has 0 aliphatic heterocycles. The number of nitrogens with zero attached hydrogens (tertiary/aromatic N) is 4. The van der Waals surface area contributed by atoms with Gasteiger partial charge < -0.3 is 5.84 Å². The highest BCUT2D eigenvalue weighted by Crippen LogP contribution is 2.25. The number of hydrogen-bond donors (Lipinski definition) is 2. The molecule has 134 valence electrons. The van der Waals surface area contributed by atoms with E-state index < -0.39 is 0 Å². The first-order valence-electron chi connectivity index (χ1n) is 8.13. The van der Waals surface area contributed by atoms with Crippen molar-refractivity contribution in [1.29, 1.82) is 0 Å². The molecule has 0 saturated heterocycles. The average molecular weight is 387 g/mol. The summed E-state index contributed by atoms with van der Waals surface area (Å²) in [6, 6.07) is 17.7. The lowest BCUT2D eigenvalue weighted by molar-refractivity contribution is 0.846. The van der Waals surface area contributed by atoms with E-state index in [-0.39, 0.29) is 0 Å². The monoisotopic (exact) mass is 386 g/mol. The molecule has 0 aliphatic carbocycles. The van der Waals surface area contributed by atoms with E-state index in [0.29, 0.717) is 16.9 Å². The Hall–Kier alpha value is -2.51. The standard InChI is InChI=1S/C18H19ClN6S/c1-2-16(13-8-4-3-5-9-13)21-22-17-23-24-18(25(17)20)26-12-14-10-6-7-11-15(14)19/h3-11H,2,12,20H2,1H3,(H,22,23)/b21-16+. The lowest BCUT2D eigenvalue weighted by Gasteiger charge is -2.06. The maximum atomic E-state index is 6.18. The highest BCUT2D eigenvalue weighted by Gasteiger charge is 2.11. The molecule has 3 N–H and O–H groups in total. The fraction of sp³-hybridized carbons (Fsp3) is 0.167. The van der Waals surface area contributed by atoms with Crippen LogP contribution in [0, 0.1) is 0 Å². The third-order valence-corrected chi connectivity index (χ3v) is 5.07. The van der Waals surface area contributed by atoms with Crippen LogP contribution in [-0.2, 0) is 5.75 Å². The Labute approximate surface area is 161 Å². The third kappa shape index (κ3) is 4.36.